The van der Waals surface area contributed by atoms with E-state index < -0.39 is 11.6 Å². The number of hydrogen-bond acceptors (Lipinski definition) is 5. The van der Waals surface area contributed by atoms with Gasteiger partial charge >= 0.3 is 5.69 Å². The zero-order chi connectivity index (χ0) is 21.3. The van der Waals surface area contributed by atoms with E-state index in [0.29, 0.717) is 23.9 Å². The molecule has 0 fully saturated rings. The molecule has 0 aliphatic carbocycles. The second-order valence-electron chi connectivity index (χ2n) is 6.68. The van der Waals surface area contributed by atoms with Gasteiger partial charge in [-0.15, -0.1) is 0 Å². The average molecular weight is 403 g/mol. The Morgan fingerprint density at radius 1 is 1.10 bits per heavy atom. The molecule has 0 atom stereocenters. The molecular formula is C22H21N5O3. The highest BCUT2D eigenvalue weighted by molar-refractivity contribution is 6.02. The fourth-order valence-electron chi connectivity index (χ4n) is 3.32. The summed E-state index contributed by atoms with van der Waals surface area (Å²) in [6, 6.07) is 14.8. The van der Waals surface area contributed by atoms with Crippen molar-refractivity contribution in [2.75, 3.05) is 6.61 Å². The summed E-state index contributed by atoms with van der Waals surface area (Å²) >= 11 is 0. The van der Waals surface area contributed by atoms with Crippen LogP contribution in [0.25, 0.3) is 28.2 Å². The molecule has 3 N–H and O–H groups in total. The second-order valence-corrected chi connectivity index (χ2v) is 6.68. The number of rotatable bonds is 6. The van der Waals surface area contributed by atoms with Gasteiger partial charge in [0.05, 0.1) is 12.3 Å². The lowest BCUT2D eigenvalue weighted by molar-refractivity contribution is 0.0997. The topological polar surface area (TPSA) is 116 Å². The standard InChI is InChI=1S/C22H21N5O3/c1-3-13-9-11-14(12-10-13)20-24-17(19(23)28)18-21(26-20)27(22(29)25-18)15-7-5-6-8-16(15)30-4-2/h5-12H,3-4H2,1-2H3,(H2,23,28)(H,25,29). The molecule has 30 heavy (non-hydrogen) atoms. The molecule has 4 rings (SSSR count). The molecule has 0 aliphatic rings. The Labute approximate surface area is 172 Å². The third-order valence-electron chi connectivity index (χ3n) is 4.80. The normalized spacial score (nSPS) is 11.0. The number of primary amides is 1. The van der Waals surface area contributed by atoms with Crippen molar-refractivity contribution < 1.29 is 9.53 Å². The summed E-state index contributed by atoms with van der Waals surface area (Å²) in [7, 11) is 0. The highest BCUT2D eigenvalue weighted by atomic mass is 16.5. The van der Waals surface area contributed by atoms with E-state index in [9.17, 15) is 9.59 Å². The van der Waals surface area contributed by atoms with Crippen LogP contribution in [0.1, 0.15) is 29.9 Å². The zero-order valence-electron chi connectivity index (χ0n) is 16.7. The zero-order valence-corrected chi connectivity index (χ0v) is 16.7. The number of nitrogens with one attached hydrogen (secondary N) is 1. The van der Waals surface area contributed by atoms with E-state index in [4.69, 9.17) is 10.5 Å². The first-order valence-electron chi connectivity index (χ1n) is 9.67. The number of H-pyrrole nitrogens is 1. The van der Waals surface area contributed by atoms with Crippen LogP contribution in [0.3, 0.4) is 0 Å². The van der Waals surface area contributed by atoms with E-state index in [0.717, 1.165) is 12.0 Å². The molecule has 4 aromatic rings. The van der Waals surface area contributed by atoms with Crippen LogP contribution < -0.4 is 16.2 Å². The van der Waals surface area contributed by atoms with Gasteiger partial charge < -0.3 is 15.5 Å². The van der Waals surface area contributed by atoms with E-state index in [1.807, 2.05) is 37.3 Å². The average Bonchev–Trinajstić information content (AvgIpc) is 3.09. The van der Waals surface area contributed by atoms with Crippen LogP contribution in [0, 0.1) is 0 Å². The van der Waals surface area contributed by atoms with Gasteiger partial charge in [0.1, 0.15) is 11.3 Å². The van der Waals surface area contributed by atoms with Crippen LogP contribution in [-0.2, 0) is 6.42 Å². The summed E-state index contributed by atoms with van der Waals surface area (Å²) in [5.74, 6) is 0.0806. The summed E-state index contributed by atoms with van der Waals surface area (Å²) in [6.45, 7) is 4.36. The van der Waals surface area contributed by atoms with Crippen LogP contribution in [0.5, 0.6) is 5.75 Å². The van der Waals surface area contributed by atoms with E-state index in [1.54, 1.807) is 18.2 Å². The van der Waals surface area contributed by atoms with Crippen molar-refractivity contribution in [3.8, 4) is 22.8 Å². The molecule has 8 heteroatoms. The molecule has 2 aromatic heterocycles. The molecule has 1 amide bonds. The lowest BCUT2D eigenvalue weighted by Gasteiger charge is -2.11. The maximum Gasteiger partial charge on any atom is 0.332 e. The first kappa shape index (κ1) is 19.4. The third kappa shape index (κ3) is 3.32. The number of carbonyl (C=O) groups excluding carboxylic acids is 1. The Balaban J connectivity index is 2.01. The number of aryl methyl sites for hydroxylation is 1. The lowest BCUT2D eigenvalue weighted by atomic mass is 10.1. The highest BCUT2D eigenvalue weighted by Crippen LogP contribution is 2.26. The Morgan fingerprint density at radius 2 is 1.83 bits per heavy atom. The number of para-hydroxylation sites is 2. The van der Waals surface area contributed by atoms with Crippen molar-refractivity contribution in [1.82, 2.24) is 19.5 Å². The van der Waals surface area contributed by atoms with Crippen molar-refractivity contribution in [2.24, 2.45) is 5.73 Å². The van der Waals surface area contributed by atoms with E-state index in [2.05, 4.69) is 21.9 Å². The number of imidazole rings is 1. The summed E-state index contributed by atoms with van der Waals surface area (Å²) in [5.41, 5.74) is 7.89. The van der Waals surface area contributed by atoms with E-state index in [1.165, 1.54) is 10.1 Å². The highest BCUT2D eigenvalue weighted by Gasteiger charge is 2.21. The molecule has 8 nitrogen and oxygen atoms in total. The summed E-state index contributed by atoms with van der Waals surface area (Å²) in [6.07, 6.45) is 0.901. The predicted molar refractivity (Wildman–Crippen MR) is 114 cm³/mol. The minimum Gasteiger partial charge on any atom is -0.492 e. The monoisotopic (exact) mass is 403 g/mol. The van der Waals surface area contributed by atoms with Crippen LogP contribution in [-0.4, -0.2) is 32.0 Å². The van der Waals surface area contributed by atoms with Gasteiger partial charge in [-0.3, -0.25) is 4.79 Å². The number of nitrogens with zero attached hydrogens (tertiary/aromatic N) is 3. The summed E-state index contributed by atoms with van der Waals surface area (Å²) in [5, 5.41) is 0. The number of nitrogens with two attached hydrogens (primary N) is 1. The summed E-state index contributed by atoms with van der Waals surface area (Å²) < 4.78 is 7.05. The Morgan fingerprint density at radius 3 is 2.50 bits per heavy atom. The number of aromatic nitrogens is 4. The smallest absolute Gasteiger partial charge is 0.332 e. The molecule has 2 aromatic carbocycles. The van der Waals surface area contributed by atoms with Gasteiger partial charge in [0.25, 0.3) is 5.91 Å². The fourth-order valence-corrected chi connectivity index (χ4v) is 3.32. The number of hydrogen-bond donors (Lipinski definition) is 2. The maximum atomic E-state index is 12.8. The van der Waals surface area contributed by atoms with Crippen LogP contribution >= 0.6 is 0 Å². The van der Waals surface area contributed by atoms with Crippen molar-refractivity contribution in [1.29, 1.82) is 0 Å². The van der Waals surface area contributed by atoms with Crippen molar-refractivity contribution in [3.05, 3.63) is 70.3 Å². The Hall–Kier alpha value is -3.94. The van der Waals surface area contributed by atoms with E-state index >= 15 is 0 Å². The lowest BCUT2D eigenvalue weighted by Crippen LogP contribution is -2.16. The molecule has 0 bridgehead atoms. The number of fused-ring (bicyclic) bond motifs is 1. The van der Waals surface area contributed by atoms with Gasteiger partial charge in [0, 0.05) is 5.56 Å². The minimum atomic E-state index is -0.750. The number of amides is 1. The Kier molecular flexibility index (Phi) is 5.05. The van der Waals surface area contributed by atoms with Gasteiger partial charge in [-0.2, -0.15) is 0 Å². The van der Waals surface area contributed by atoms with Gasteiger partial charge in [-0.1, -0.05) is 43.3 Å². The predicted octanol–water partition coefficient (Wildman–Crippen LogP) is 2.84. The minimum absolute atomic E-state index is 0.0423. The first-order chi connectivity index (χ1) is 14.5. The first-order valence-corrected chi connectivity index (χ1v) is 9.67. The molecule has 0 aliphatic heterocycles. The number of aromatic amines is 1. The molecule has 0 saturated carbocycles. The Bertz CT molecular complexity index is 1290. The van der Waals surface area contributed by atoms with E-state index in [-0.39, 0.29) is 16.9 Å². The molecule has 0 radical (unpaired) electrons. The molecule has 0 saturated heterocycles. The fraction of sp³-hybridized carbons (Fsp3) is 0.182. The molecule has 152 valence electrons. The van der Waals surface area contributed by atoms with Crippen LogP contribution in [0.2, 0.25) is 0 Å². The van der Waals surface area contributed by atoms with Gasteiger partial charge in [0.2, 0.25) is 0 Å². The number of carbonyl (C=O) groups is 1. The number of ether oxygens (including phenoxy) is 1. The third-order valence-corrected chi connectivity index (χ3v) is 4.80. The van der Waals surface area contributed by atoms with Crippen molar-refractivity contribution in [2.45, 2.75) is 20.3 Å². The summed E-state index contributed by atoms with van der Waals surface area (Å²) in [4.78, 5) is 36.5. The quantitative estimate of drug-likeness (QED) is 0.514. The second kappa shape index (κ2) is 7.82. The molecule has 0 spiro atoms. The largest absolute Gasteiger partial charge is 0.492 e. The number of benzene rings is 2. The molecule has 2 heterocycles. The maximum absolute atomic E-state index is 12.8. The van der Waals surface area contributed by atoms with Gasteiger partial charge in [-0.25, -0.2) is 19.3 Å². The van der Waals surface area contributed by atoms with Gasteiger partial charge in [-0.05, 0) is 31.0 Å². The molecule has 0 unspecified atom stereocenters. The van der Waals surface area contributed by atoms with Crippen molar-refractivity contribution in [3.63, 3.8) is 0 Å². The molecular weight excluding hydrogens is 382 g/mol. The van der Waals surface area contributed by atoms with Gasteiger partial charge in [0.15, 0.2) is 17.2 Å². The van der Waals surface area contributed by atoms with Crippen LogP contribution in [0.4, 0.5) is 0 Å². The van der Waals surface area contributed by atoms with Crippen LogP contribution in [0.15, 0.2) is 53.3 Å². The SMILES string of the molecule is CCOc1ccccc1-n1c(=O)[nH]c2c(C(N)=O)nc(-c3ccc(CC)cc3)nc21. The van der Waals surface area contributed by atoms with Crippen molar-refractivity contribution >= 4 is 17.1 Å².